The molecule has 0 N–H and O–H groups in total. The van der Waals surface area contributed by atoms with E-state index in [2.05, 4.69) is 40.1 Å². The molecule has 2 heterocycles. The number of pyridine rings is 1. The van der Waals surface area contributed by atoms with E-state index in [9.17, 15) is 4.79 Å². The Balaban J connectivity index is 1.68. The van der Waals surface area contributed by atoms with E-state index < -0.39 is 0 Å². The SMILES string of the molecule is C#CCN(Cc1cc(=O)n2ccccc2n1)C1CCc2ccccc21. The summed E-state index contributed by atoms with van der Waals surface area (Å²) in [7, 11) is 0. The van der Waals surface area contributed by atoms with E-state index >= 15 is 0 Å². The quantitative estimate of drug-likeness (QED) is 0.691. The molecule has 0 saturated heterocycles. The van der Waals surface area contributed by atoms with Gasteiger partial charge in [-0.25, -0.2) is 4.98 Å². The second kappa shape index (κ2) is 6.54. The zero-order chi connectivity index (χ0) is 17.2. The highest BCUT2D eigenvalue weighted by Crippen LogP contribution is 2.35. The van der Waals surface area contributed by atoms with Crippen LogP contribution >= 0.6 is 0 Å². The van der Waals surface area contributed by atoms with Gasteiger partial charge in [0.1, 0.15) is 5.65 Å². The van der Waals surface area contributed by atoms with E-state index in [4.69, 9.17) is 6.42 Å². The van der Waals surface area contributed by atoms with Crippen LogP contribution in [0.1, 0.15) is 29.3 Å². The molecule has 0 aliphatic heterocycles. The zero-order valence-corrected chi connectivity index (χ0v) is 13.9. The van der Waals surface area contributed by atoms with Crippen molar-refractivity contribution in [2.45, 2.75) is 25.4 Å². The fraction of sp³-hybridized carbons (Fsp3) is 0.238. The summed E-state index contributed by atoms with van der Waals surface area (Å²) in [5.41, 5.74) is 4.10. The lowest BCUT2D eigenvalue weighted by molar-refractivity contribution is 0.211. The Hall–Kier alpha value is -2.90. The summed E-state index contributed by atoms with van der Waals surface area (Å²) in [5, 5.41) is 0. The molecule has 0 fully saturated rings. The third kappa shape index (κ3) is 2.95. The summed E-state index contributed by atoms with van der Waals surface area (Å²) >= 11 is 0. The molecule has 124 valence electrons. The Labute approximate surface area is 146 Å². The number of benzene rings is 1. The van der Waals surface area contributed by atoms with Crippen molar-refractivity contribution in [3.63, 3.8) is 0 Å². The lowest BCUT2D eigenvalue weighted by Crippen LogP contribution is -2.29. The molecular formula is C21H19N3O. The van der Waals surface area contributed by atoms with Crippen LogP contribution in [-0.2, 0) is 13.0 Å². The summed E-state index contributed by atoms with van der Waals surface area (Å²) in [6.07, 6.45) is 9.46. The topological polar surface area (TPSA) is 37.6 Å². The summed E-state index contributed by atoms with van der Waals surface area (Å²) < 4.78 is 1.56. The number of hydrogen-bond acceptors (Lipinski definition) is 3. The molecule has 0 amide bonds. The van der Waals surface area contributed by atoms with E-state index in [1.165, 1.54) is 11.1 Å². The highest BCUT2D eigenvalue weighted by atomic mass is 16.1. The maximum atomic E-state index is 12.3. The summed E-state index contributed by atoms with van der Waals surface area (Å²) in [4.78, 5) is 19.2. The molecule has 2 aromatic heterocycles. The van der Waals surface area contributed by atoms with Gasteiger partial charge in [-0.3, -0.25) is 14.1 Å². The molecular weight excluding hydrogens is 310 g/mol. The first-order chi connectivity index (χ1) is 12.3. The third-order valence-corrected chi connectivity index (χ3v) is 4.83. The molecule has 1 aromatic carbocycles. The molecule has 1 aliphatic carbocycles. The van der Waals surface area contributed by atoms with Gasteiger partial charge in [-0.2, -0.15) is 0 Å². The smallest absolute Gasteiger partial charge is 0.258 e. The molecule has 4 nitrogen and oxygen atoms in total. The van der Waals surface area contributed by atoms with Crippen LogP contribution in [0.3, 0.4) is 0 Å². The minimum Gasteiger partial charge on any atom is -0.279 e. The molecule has 1 aliphatic rings. The lowest BCUT2D eigenvalue weighted by Gasteiger charge is -2.27. The first-order valence-corrected chi connectivity index (χ1v) is 8.49. The predicted molar refractivity (Wildman–Crippen MR) is 98.2 cm³/mol. The molecule has 0 spiro atoms. The van der Waals surface area contributed by atoms with Crippen LogP contribution in [0.15, 0.2) is 59.5 Å². The molecule has 0 saturated carbocycles. The first kappa shape index (κ1) is 15.6. The molecule has 25 heavy (non-hydrogen) atoms. The van der Waals surface area contributed by atoms with Crippen molar-refractivity contribution in [2.24, 2.45) is 0 Å². The van der Waals surface area contributed by atoms with Gasteiger partial charge in [-0.15, -0.1) is 6.42 Å². The Kier molecular flexibility index (Phi) is 4.09. The summed E-state index contributed by atoms with van der Waals surface area (Å²) in [6.45, 7) is 1.11. The van der Waals surface area contributed by atoms with E-state index in [-0.39, 0.29) is 11.6 Å². The number of aryl methyl sites for hydroxylation is 1. The largest absolute Gasteiger partial charge is 0.279 e. The molecule has 4 rings (SSSR count). The Morgan fingerprint density at radius 2 is 2.08 bits per heavy atom. The molecule has 0 radical (unpaired) electrons. The van der Waals surface area contributed by atoms with Crippen molar-refractivity contribution < 1.29 is 0 Å². The Morgan fingerprint density at radius 3 is 2.96 bits per heavy atom. The molecule has 3 aromatic rings. The highest BCUT2D eigenvalue weighted by molar-refractivity contribution is 5.38. The number of rotatable bonds is 4. The van der Waals surface area contributed by atoms with Gasteiger partial charge in [0.15, 0.2) is 0 Å². The maximum Gasteiger partial charge on any atom is 0.258 e. The van der Waals surface area contributed by atoms with Crippen LogP contribution in [-0.4, -0.2) is 20.8 Å². The second-order valence-corrected chi connectivity index (χ2v) is 6.38. The zero-order valence-electron chi connectivity index (χ0n) is 13.9. The maximum absolute atomic E-state index is 12.3. The fourth-order valence-electron chi connectivity index (χ4n) is 3.70. The monoisotopic (exact) mass is 329 g/mol. The number of hydrogen-bond donors (Lipinski definition) is 0. The number of nitrogens with zero attached hydrogens (tertiary/aromatic N) is 3. The van der Waals surface area contributed by atoms with Crippen LogP contribution in [0.5, 0.6) is 0 Å². The normalized spacial score (nSPS) is 16.1. The van der Waals surface area contributed by atoms with Crippen molar-refractivity contribution in [3.05, 3.63) is 81.9 Å². The molecule has 1 atom stereocenters. The number of aromatic nitrogens is 2. The minimum atomic E-state index is -0.0620. The summed E-state index contributed by atoms with van der Waals surface area (Å²) in [6, 6.07) is 16.0. The predicted octanol–water partition coefficient (Wildman–Crippen LogP) is 2.82. The van der Waals surface area contributed by atoms with Crippen molar-refractivity contribution >= 4 is 5.65 Å². The van der Waals surface area contributed by atoms with Gasteiger partial charge >= 0.3 is 0 Å². The van der Waals surface area contributed by atoms with E-state index in [0.717, 1.165) is 18.5 Å². The van der Waals surface area contributed by atoms with Gasteiger partial charge < -0.3 is 0 Å². The van der Waals surface area contributed by atoms with Crippen LogP contribution in [0.2, 0.25) is 0 Å². The number of terminal acetylenes is 1. The Morgan fingerprint density at radius 1 is 1.24 bits per heavy atom. The van der Waals surface area contributed by atoms with Crippen LogP contribution in [0.25, 0.3) is 5.65 Å². The van der Waals surface area contributed by atoms with Crippen LogP contribution in [0, 0.1) is 12.3 Å². The standard InChI is InChI=1S/C21H19N3O/c1-2-12-23(19-11-10-16-7-3-4-8-18(16)19)15-17-14-21(25)24-13-6-5-9-20(24)22-17/h1,3-9,13-14,19H,10-12,15H2. The molecule has 0 bridgehead atoms. The number of fused-ring (bicyclic) bond motifs is 2. The van der Waals surface area contributed by atoms with Crippen molar-refractivity contribution in [2.75, 3.05) is 6.54 Å². The van der Waals surface area contributed by atoms with Gasteiger partial charge in [0, 0.05) is 24.8 Å². The van der Waals surface area contributed by atoms with Gasteiger partial charge in [0.2, 0.25) is 0 Å². The first-order valence-electron chi connectivity index (χ1n) is 8.49. The fourth-order valence-corrected chi connectivity index (χ4v) is 3.70. The van der Waals surface area contributed by atoms with Crippen LogP contribution in [0.4, 0.5) is 0 Å². The second-order valence-electron chi connectivity index (χ2n) is 6.38. The Bertz CT molecular complexity index is 1020. The van der Waals surface area contributed by atoms with Crippen molar-refractivity contribution in [3.8, 4) is 12.3 Å². The summed E-state index contributed by atoms with van der Waals surface area (Å²) in [5.74, 6) is 2.76. The average Bonchev–Trinajstić information content (AvgIpc) is 3.05. The minimum absolute atomic E-state index is 0.0620. The van der Waals surface area contributed by atoms with E-state index in [1.807, 2.05) is 18.2 Å². The lowest BCUT2D eigenvalue weighted by atomic mass is 10.1. The van der Waals surface area contributed by atoms with E-state index in [0.29, 0.717) is 18.7 Å². The highest BCUT2D eigenvalue weighted by Gasteiger charge is 2.27. The molecule has 1 unspecified atom stereocenters. The van der Waals surface area contributed by atoms with Gasteiger partial charge in [-0.05, 0) is 36.1 Å². The molecule has 4 heteroatoms. The van der Waals surface area contributed by atoms with Crippen molar-refractivity contribution in [1.29, 1.82) is 0 Å². The van der Waals surface area contributed by atoms with Gasteiger partial charge in [-0.1, -0.05) is 36.3 Å². The van der Waals surface area contributed by atoms with Gasteiger partial charge in [0.25, 0.3) is 5.56 Å². The van der Waals surface area contributed by atoms with Crippen LogP contribution < -0.4 is 5.56 Å². The third-order valence-electron chi connectivity index (χ3n) is 4.83. The van der Waals surface area contributed by atoms with E-state index in [1.54, 1.807) is 16.7 Å². The van der Waals surface area contributed by atoms with Crippen molar-refractivity contribution in [1.82, 2.24) is 14.3 Å². The van der Waals surface area contributed by atoms with Gasteiger partial charge in [0.05, 0.1) is 12.2 Å². The average molecular weight is 329 g/mol.